The van der Waals surface area contributed by atoms with Crippen molar-refractivity contribution < 1.29 is 19.1 Å². The number of carbonyl (C=O) groups is 2. The largest absolute Gasteiger partial charge is 0.495 e. The molecular weight excluding hydrogens is 389 g/mol. The summed E-state index contributed by atoms with van der Waals surface area (Å²) in [5, 5.41) is 3.50. The van der Waals surface area contributed by atoms with Crippen molar-refractivity contribution in [1.82, 2.24) is 0 Å². The average Bonchev–Trinajstić information content (AvgIpc) is 2.64. The quantitative estimate of drug-likeness (QED) is 0.504. The van der Waals surface area contributed by atoms with Crippen LogP contribution in [0.2, 0.25) is 10.0 Å². The summed E-state index contributed by atoms with van der Waals surface area (Å²) in [4.78, 5) is 23.9. The van der Waals surface area contributed by atoms with Gasteiger partial charge in [0, 0.05) is 22.3 Å². The molecule has 7 heteroatoms. The van der Waals surface area contributed by atoms with Crippen molar-refractivity contribution in [1.29, 1.82) is 0 Å². The van der Waals surface area contributed by atoms with Gasteiger partial charge in [0.2, 0.25) is 5.91 Å². The lowest BCUT2D eigenvalue weighted by Crippen LogP contribution is -2.09. The van der Waals surface area contributed by atoms with Crippen LogP contribution >= 0.6 is 23.2 Å². The molecule has 2 rings (SSSR count). The Balaban J connectivity index is 2.04. The molecule has 2 aromatic carbocycles. The maximum atomic E-state index is 12.1. The van der Waals surface area contributed by atoms with Crippen molar-refractivity contribution in [3.8, 4) is 5.75 Å². The Hall–Kier alpha value is -2.50. The van der Waals surface area contributed by atoms with Gasteiger partial charge in [0.05, 0.1) is 24.3 Å². The number of esters is 1. The summed E-state index contributed by atoms with van der Waals surface area (Å²) < 4.78 is 10.3. The minimum absolute atomic E-state index is 0.352. The van der Waals surface area contributed by atoms with Crippen LogP contribution in [0, 0.1) is 0 Å². The minimum atomic E-state index is -0.389. The molecule has 0 radical (unpaired) electrons. The molecule has 1 N–H and O–H groups in total. The van der Waals surface area contributed by atoms with Gasteiger partial charge in [-0.15, -0.1) is 0 Å². The van der Waals surface area contributed by atoms with Crippen molar-refractivity contribution in [3.05, 3.63) is 63.6 Å². The fourth-order valence-corrected chi connectivity index (χ4v) is 2.82. The zero-order valence-electron chi connectivity index (χ0n) is 14.9. The first-order chi connectivity index (χ1) is 12.9. The Morgan fingerprint density at radius 3 is 2.48 bits per heavy atom. The summed E-state index contributed by atoms with van der Waals surface area (Å²) in [7, 11) is 1.49. The molecule has 2 aromatic rings. The van der Waals surface area contributed by atoms with E-state index in [1.54, 1.807) is 42.5 Å². The van der Waals surface area contributed by atoms with Gasteiger partial charge in [-0.1, -0.05) is 30.1 Å². The molecule has 0 bridgehead atoms. The summed E-state index contributed by atoms with van der Waals surface area (Å²) in [6.45, 7) is 2.30. The van der Waals surface area contributed by atoms with Gasteiger partial charge in [-0.3, -0.25) is 4.79 Å². The predicted octanol–water partition coefficient (Wildman–Crippen LogP) is 5.22. The molecule has 142 valence electrons. The van der Waals surface area contributed by atoms with Gasteiger partial charge in [0.25, 0.3) is 0 Å². The highest BCUT2D eigenvalue weighted by atomic mass is 35.5. The Bertz CT molecular complexity index is 848. The predicted molar refractivity (Wildman–Crippen MR) is 108 cm³/mol. The SMILES string of the molecule is CCCOC(=O)c1ccc(NC(=O)/C=C/c2cc(Cl)cc(Cl)c2OC)cc1. The van der Waals surface area contributed by atoms with Crippen LogP contribution < -0.4 is 10.1 Å². The third-order valence-electron chi connectivity index (χ3n) is 3.48. The van der Waals surface area contributed by atoms with E-state index in [-0.39, 0.29) is 11.9 Å². The first-order valence-corrected chi connectivity index (χ1v) is 8.99. The highest BCUT2D eigenvalue weighted by Crippen LogP contribution is 2.32. The molecule has 0 fully saturated rings. The van der Waals surface area contributed by atoms with Gasteiger partial charge in [0.1, 0.15) is 5.75 Å². The normalized spacial score (nSPS) is 10.7. The monoisotopic (exact) mass is 407 g/mol. The number of methoxy groups -OCH3 is 1. The number of nitrogens with one attached hydrogen (secondary N) is 1. The van der Waals surface area contributed by atoms with Crippen LogP contribution in [0.3, 0.4) is 0 Å². The van der Waals surface area contributed by atoms with Gasteiger partial charge in [-0.2, -0.15) is 0 Å². The molecule has 0 aliphatic heterocycles. The number of carbonyl (C=O) groups excluding carboxylic acids is 2. The standard InChI is InChI=1S/C20H19Cl2NO4/c1-3-10-27-20(25)13-4-7-16(8-5-13)23-18(24)9-6-14-11-15(21)12-17(22)19(14)26-2/h4-9,11-12H,3,10H2,1-2H3,(H,23,24)/b9-6+. The van der Waals surface area contributed by atoms with Crippen LogP contribution in [0.5, 0.6) is 5.75 Å². The van der Waals surface area contributed by atoms with Crippen LogP contribution in [0.25, 0.3) is 6.08 Å². The molecule has 0 saturated heterocycles. The lowest BCUT2D eigenvalue weighted by molar-refractivity contribution is -0.111. The molecule has 27 heavy (non-hydrogen) atoms. The summed E-state index contributed by atoms with van der Waals surface area (Å²) in [5.74, 6) is -0.311. The van der Waals surface area contributed by atoms with E-state index < -0.39 is 0 Å². The zero-order valence-corrected chi connectivity index (χ0v) is 16.4. The van der Waals surface area contributed by atoms with Crippen molar-refractivity contribution in [2.24, 2.45) is 0 Å². The zero-order chi connectivity index (χ0) is 19.8. The molecule has 0 aliphatic rings. The number of amides is 1. The number of benzene rings is 2. The summed E-state index contributed by atoms with van der Waals surface area (Å²) >= 11 is 12.1. The Morgan fingerprint density at radius 1 is 1.15 bits per heavy atom. The number of anilines is 1. The van der Waals surface area contributed by atoms with Crippen molar-refractivity contribution in [3.63, 3.8) is 0 Å². The summed E-state index contributed by atoms with van der Waals surface area (Å²) in [6, 6.07) is 9.66. The van der Waals surface area contributed by atoms with E-state index in [1.807, 2.05) is 6.92 Å². The second kappa shape index (κ2) is 10.00. The topological polar surface area (TPSA) is 64.6 Å². The smallest absolute Gasteiger partial charge is 0.338 e. The number of rotatable bonds is 7. The van der Waals surface area contributed by atoms with Gasteiger partial charge in [-0.25, -0.2) is 4.79 Å². The molecular formula is C20H19Cl2NO4. The van der Waals surface area contributed by atoms with Gasteiger partial charge in [0.15, 0.2) is 0 Å². The molecule has 1 amide bonds. The van der Waals surface area contributed by atoms with Crippen molar-refractivity contribution >= 4 is 46.8 Å². The third-order valence-corrected chi connectivity index (χ3v) is 3.98. The fourth-order valence-electron chi connectivity index (χ4n) is 2.24. The number of hydrogen-bond acceptors (Lipinski definition) is 4. The Morgan fingerprint density at radius 2 is 1.85 bits per heavy atom. The van der Waals surface area contributed by atoms with E-state index in [4.69, 9.17) is 32.7 Å². The van der Waals surface area contributed by atoms with Crippen molar-refractivity contribution in [2.75, 3.05) is 19.0 Å². The van der Waals surface area contributed by atoms with Crippen LogP contribution in [0.4, 0.5) is 5.69 Å². The average molecular weight is 408 g/mol. The Kier molecular flexibility index (Phi) is 7.70. The molecule has 0 aliphatic carbocycles. The first-order valence-electron chi connectivity index (χ1n) is 8.24. The highest BCUT2D eigenvalue weighted by Gasteiger charge is 2.09. The third kappa shape index (κ3) is 6.01. The lowest BCUT2D eigenvalue weighted by atomic mass is 10.1. The van der Waals surface area contributed by atoms with E-state index in [9.17, 15) is 9.59 Å². The fraction of sp³-hybridized carbons (Fsp3) is 0.200. The molecule has 5 nitrogen and oxygen atoms in total. The maximum Gasteiger partial charge on any atom is 0.338 e. The first kappa shape index (κ1) is 20.8. The lowest BCUT2D eigenvalue weighted by Gasteiger charge is -2.08. The summed E-state index contributed by atoms with van der Waals surface area (Å²) in [5.41, 5.74) is 1.56. The van der Waals surface area contributed by atoms with E-state index in [1.165, 1.54) is 13.2 Å². The van der Waals surface area contributed by atoms with Crippen LogP contribution in [-0.4, -0.2) is 25.6 Å². The van der Waals surface area contributed by atoms with Crippen LogP contribution in [-0.2, 0) is 9.53 Å². The minimum Gasteiger partial charge on any atom is -0.495 e. The van der Waals surface area contributed by atoms with Crippen LogP contribution in [0.1, 0.15) is 29.3 Å². The van der Waals surface area contributed by atoms with E-state index in [0.717, 1.165) is 6.42 Å². The second-order valence-corrected chi connectivity index (χ2v) is 6.39. The molecule has 0 heterocycles. The molecule has 0 aromatic heterocycles. The molecule has 0 saturated carbocycles. The second-order valence-electron chi connectivity index (χ2n) is 5.55. The van der Waals surface area contributed by atoms with E-state index in [0.29, 0.717) is 39.2 Å². The molecule has 0 spiro atoms. The number of ether oxygens (including phenoxy) is 2. The van der Waals surface area contributed by atoms with Crippen LogP contribution in [0.15, 0.2) is 42.5 Å². The Labute approximate surface area is 167 Å². The van der Waals surface area contributed by atoms with Crippen molar-refractivity contribution in [2.45, 2.75) is 13.3 Å². The van der Waals surface area contributed by atoms with Gasteiger partial charge < -0.3 is 14.8 Å². The maximum absolute atomic E-state index is 12.1. The number of hydrogen-bond donors (Lipinski definition) is 1. The van der Waals surface area contributed by atoms with Gasteiger partial charge >= 0.3 is 5.97 Å². The molecule has 0 atom stereocenters. The van der Waals surface area contributed by atoms with E-state index in [2.05, 4.69) is 5.32 Å². The summed E-state index contributed by atoms with van der Waals surface area (Å²) in [6.07, 6.45) is 3.66. The van der Waals surface area contributed by atoms with Gasteiger partial charge in [-0.05, 0) is 48.9 Å². The van der Waals surface area contributed by atoms with E-state index >= 15 is 0 Å². The number of halogens is 2. The highest BCUT2D eigenvalue weighted by molar-refractivity contribution is 6.36. The molecule has 0 unspecified atom stereocenters.